The summed E-state index contributed by atoms with van der Waals surface area (Å²) < 4.78 is 0. The van der Waals surface area contributed by atoms with Gasteiger partial charge < -0.3 is 19.6 Å². The maximum absolute atomic E-state index is 13.3. The van der Waals surface area contributed by atoms with Crippen LogP contribution in [0.25, 0.3) is 0 Å². The predicted molar refractivity (Wildman–Crippen MR) is 131 cm³/mol. The van der Waals surface area contributed by atoms with Crippen molar-refractivity contribution >= 4 is 23.2 Å². The number of carbonyl (C=O) groups excluding carboxylic acids is 2. The largest absolute Gasteiger partial charge is 0.362 e. The molecule has 0 N–H and O–H groups in total. The molecular formula is C25H37N5O4. The number of benzene rings is 1. The monoisotopic (exact) mass is 471 g/mol. The number of piperazine rings is 1. The minimum Gasteiger partial charge on any atom is -0.362 e. The summed E-state index contributed by atoms with van der Waals surface area (Å²) in [7, 11) is 0. The summed E-state index contributed by atoms with van der Waals surface area (Å²) in [5, 5.41) is 11.9. The molecule has 0 aromatic heterocycles. The quantitative estimate of drug-likeness (QED) is 0.485. The van der Waals surface area contributed by atoms with E-state index >= 15 is 0 Å². The average molecular weight is 472 g/mol. The molecule has 186 valence electrons. The number of piperidine rings is 2. The molecule has 0 spiro atoms. The van der Waals surface area contributed by atoms with Gasteiger partial charge in [-0.2, -0.15) is 0 Å². The molecule has 34 heavy (non-hydrogen) atoms. The second kappa shape index (κ2) is 10.7. The van der Waals surface area contributed by atoms with Crippen LogP contribution in [-0.4, -0.2) is 90.3 Å². The number of anilines is 1. The summed E-state index contributed by atoms with van der Waals surface area (Å²) in [4.78, 5) is 44.4. The molecule has 0 saturated carbocycles. The average Bonchev–Trinajstić information content (AvgIpc) is 2.85. The lowest BCUT2D eigenvalue weighted by atomic mass is 9.94. The number of nitrogens with zero attached hydrogens (tertiary/aromatic N) is 5. The third-order valence-electron chi connectivity index (χ3n) is 7.68. The number of rotatable bonds is 5. The molecule has 1 unspecified atom stereocenters. The van der Waals surface area contributed by atoms with Crippen molar-refractivity contribution in [3.05, 3.63) is 33.9 Å². The first kappa shape index (κ1) is 24.4. The molecule has 3 aliphatic heterocycles. The number of hydrogen-bond donors (Lipinski definition) is 0. The van der Waals surface area contributed by atoms with Crippen LogP contribution in [0.1, 0.15) is 49.9 Å². The molecule has 3 aliphatic rings. The number of nitro benzene ring substituents is 1. The third kappa shape index (κ3) is 5.68. The summed E-state index contributed by atoms with van der Waals surface area (Å²) >= 11 is 0. The van der Waals surface area contributed by atoms with Crippen LogP contribution in [0.2, 0.25) is 0 Å². The lowest BCUT2D eigenvalue weighted by molar-refractivity contribution is -0.384. The molecule has 9 nitrogen and oxygen atoms in total. The van der Waals surface area contributed by atoms with Crippen molar-refractivity contribution < 1.29 is 14.5 Å². The molecule has 3 saturated heterocycles. The number of carbonyl (C=O) groups is 2. The zero-order valence-electron chi connectivity index (χ0n) is 20.4. The van der Waals surface area contributed by atoms with Crippen LogP contribution in [0.3, 0.4) is 0 Å². The van der Waals surface area contributed by atoms with Gasteiger partial charge in [0, 0.05) is 64.4 Å². The highest BCUT2D eigenvalue weighted by atomic mass is 16.6. The summed E-state index contributed by atoms with van der Waals surface area (Å²) in [6, 6.07) is 4.85. The Kier molecular flexibility index (Phi) is 7.70. The standard InChI is InChI=1S/C25H37N5O4/c1-19-7-10-26(11-8-19)17-21-4-3-9-29(18-21)25(32)22-5-6-23(24(16-22)30(33)34)28-14-12-27(13-15-28)20(2)31/h5-6,16,19,21H,3-4,7-15,17-18H2,1-2H3. The smallest absolute Gasteiger partial charge is 0.293 e. The van der Waals surface area contributed by atoms with Gasteiger partial charge in [-0.05, 0) is 62.7 Å². The van der Waals surface area contributed by atoms with Crippen molar-refractivity contribution in [2.45, 2.75) is 39.5 Å². The van der Waals surface area contributed by atoms with E-state index in [1.54, 1.807) is 17.0 Å². The number of amides is 2. The molecule has 1 aromatic carbocycles. The zero-order chi connectivity index (χ0) is 24.2. The van der Waals surface area contributed by atoms with Crippen molar-refractivity contribution in [3.63, 3.8) is 0 Å². The van der Waals surface area contributed by atoms with Gasteiger partial charge >= 0.3 is 0 Å². The first-order valence-corrected chi connectivity index (χ1v) is 12.6. The van der Waals surface area contributed by atoms with Crippen LogP contribution in [0.15, 0.2) is 18.2 Å². The summed E-state index contributed by atoms with van der Waals surface area (Å²) in [6.07, 6.45) is 4.59. The molecule has 3 heterocycles. The van der Waals surface area contributed by atoms with Gasteiger partial charge in [-0.3, -0.25) is 19.7 Å². The second-order valence-electron chi connectivity index (χ2n) is 10.2. The fourth-order valence-corrected chi connectivity index (χ4v) is 5.52. The number of likely N-dealkylation sites (tertiary alicyclic amines) is 2. The number of nitro groups is 1. The Morgan fingerprint density at radius 3 is 2.35 bits per heavy atom. The summed E-state index contributed by atoms with van der Waals surface area (Å²) in [5.74, 6) is 1.16. The van der Waals surface area contributed by atoms with E-state index in [4.69, 9.17) is 0 Å². The molecule has 3 fully saturated rings. The van der Waals surface area contributed by atoms with Gasteiger partial charge in [0.1, 0.15) is 5.69 Å². The van der Waals surface area contributed by atoms with Crippen molar-refractivity contribution in [3.8, 4) is 0 Å². The van der Waals surface area contributed by atoms with Crippen LogP contribution >= 0.6 is 0 Å². The Morgan fingerprint density at radius 1 is 1.00 bits per heavy atom. The van der Waals surface area contributed by atoms with Crippen LogP contribution < -0.4 is 4.90 Å². The van der Waals surface area contributed by atoms with Crippen molar-refractivity contribution in [2.24, 2.45) is 11.8 Å². The van der Waals surface area contributed by atoms with Gasteiger partial charge in [-0.1, -0.05) is 6.92 Å². The van der Waals surface area contributed by atoms with Gasteiger partial charge in [-0.25, -0.2) is 0 Å². The molecule has 1 atom stereocenters. The fraction of sp³-hybridized carbons (Fsp3) is 0.680. The summed E-state index contributed by atoms with van der Waals surface area (Å²) in [5.41, 5.74) is 0.851. The minimum atomic E-state index is -0.403. The number of hydrogen-bond acceptors (Lipinski definition) is 6. The lowest BCUT2D eigenvalue weighted by Gasteiger charge is -2.38. The highest BCUT2D eigenvalue weighted by molar-refractivity contribution is 5.96. The van der Waals surface area contributed by atoms with Crippen molar-refractivity contribution in [2.75, 3.05) is 63.8 Å². The van der Waals surface area contributed by atoms with E-state index in [1.165, 1.54) is 25.8 Å². The summed E-state index contributed by atoms with van der Waals surface area (Å²) in [6.45, 7) is 10.7. The Hall–Kier alpha value is -2.68. The van der Waals surface area contributed by atoms with Crippen LogP contribution in [0.4, 0.5) is 11.4 Å². The molecule has 9 heteroatoms. The predicted octanol–water partition coefficient (Wildman–Crippen LogP) is 2.85. The molecule has 4 rings (SSSR count). The fourth-order valence-electron chi connectivity index (χ4n) is 5.52. The molecule has 0 bridgehead atoms. The Morgan fingerprint density at radius 2 is 1.71 bits per heavy atom. The van der Waals surface area contributed by atoms with Gasteiger partial charge in [0.25, 0.3) is 11.6 Å². The van der Waals surface area contributed by atoms with Crippen molar-refractivity contribution in [1.29, 1.82) is 0 Å². The van der Waals surface area contributed by atoms with Gasteiger partial charge in [0.15, 0.2) is 0 Å². The van der Waals surface area contributed by atoms with E-state index < -0.39 is 4.92 Å². The lowest BCUT2D eigenvalue weighted by Crippen LogP contribution is -2.48. The van der Waals surface area contributed by atoms with E-state index in [9.17, 15) is 19.7 Å². The molecule has 0 aliphatic carbocycles. The molecule has 1 aromatic rings. The minimum absolute atomic E-state index is 0.0183. The molecular weight excluding hydrogens is 434 g/mol. The zero-order valence-corrected chi connectivity index (χ0v) is 20.4. The first-order valence-electron chi connectivity index (χ1n) is 12.6. The topological polar surface area (TPSA) is 90.2 Å². The highest BCUT2D eigenvalue weighted by Crippen LogP contribution is 2.31. The molecule has 0 radical (unpaired) electrons. The van der Waals surface area contributed by atoms with Crippen LogP contribution in [-0.2, 0) is 4.79 Å². The van der Waals surface area contributed by atoms with E-state index in [1.807, 2.05) is 9.80 Å². The maximum Gasteiger partial charge on any atom is 0.293 e. The van der Waals surface area contributed by atoms with Crippen LogP contribution in [0.5, 0.6) is 0 Å². The van der Waals surface area contributed by atoms with Crippen LogP contribution in [0, 0.1) is 22.0 Å². The third-order valence-corrected chi connectivity index (χ3v) is 7.68. The van der Waals surface area contributed by atoms with Gasteiger partial charge in [0.2, 0.25) is 5.91 Å². The molecule has 2 amide bonds. The Labute approximate surface area is 201 Å². The SMILES string of the molecule is CC(=O)N1CCN(c2ccc(C(=O)N3CCCC(CN4CCC(C)CC4)C3)cc2[N+](=O)[O-])CC1. The first-order chi connectivity index (χ1) is 16.3. The van der Waals surface area contributed by atoms with Crippen molar-refractivity contribution in [1.82, 2.24) is 14.7 Å². The van der Waals surface area contributed by atoms with Gasteiger partial charge in [-0.15, -0.1) is 0 Å². The highest BCUT2D eigenvalue weighted by Gasteiger charge is 2.30. The van der Waals surface area contributed by atoms with Gasteiger partial charge in [0.05, 0.1) is 4.92 Å². The second-order valence-corrected chi connectivity index (χ2v) is 10.2. The van der Waals surface area contributed by atoms with E-state index in [-0.39, 0.29) is 17.5 Å². The maximum atomic E-state index is 13.3. The van der Waals surface area contributed by atoms with E-state index in [0.717, 1.165) is 38.4 Å². The van der Waals surface area contributed by atoms with E-state index in [2.05, 4.69) is 11.8 Å². The Bertz CT molecular complexity index is 907. The normalized spacial score (nSPS) is 22.6. The Balaban J connectivity index is 1.42. The van der Waals surface area contributed by atoms with E-state index in [0.29, 0.717) is 56.4 Å².